The van der Waals surface area contributed by atoms with Gasteiger partial charge in [0.15, 0.2) is 0 Å². The number of alkyl halides is 2. The van der Waals surface area contributed by atoms with E-state index in [1.54, 1.807) is 0 Å². The Morgan fingerprint density at radius 2 is 1.79 bits per heavy atom. The highest BCUT2D eigenvalue weighted by atomic mass is 35.5. The largest absolute Gasteiger partial charge is 0.353 e. The van der Waals surface area contributed by atoms with Gasteiger partial charge in [0.1, 0.15) is 16.0 Å². The number of piperazine rings is 1. The van der Waals surface area contributed by atoms with Gasteiger partial charge in [-0.3, -0.25) is 4.79 Å². The van der Waals surface area contributed by atoms with Crippen LogP contribution in [0.4, 0.5) is 5.82 Å². The molecule has 2 heterocycles. The van der Waals surface area contributed by atoms with Crippen LogP contribution >= 0.6 is 23.2 Å². The molecule has 1 saturated heterocycles. The Balaban J connectivity index is 1.67. The predicted octanol–water partition coefficient (Wildman–Crippen LogP) is 3.14. The fourth-order valence-electron chi connectivity index (χ4n) is 3.11. The van der Waals surface area contributed by atoms with Gasteiger partial charge in [-0.2, -0.15) is 0 Å². The first-order valence-electron chi connectivity index (χ1n) is 8.42. The molecule has 1 aromatic rings. The van der Waals surface area contributed by atoms with Crippen LogP contribution in [0.2, 0.25) is 0 Å². The molecule has 5 nitrogen and oxygen atoms in total. The molecule has 0 N–H and O–H groups in total. The summed E-state index contributed by atoms with van der Waals surface area (Å²) in [6.07, 6.45) is 0.533. The van der Waals surface area contributed by atoms with Crippen LogP contribution in [0, 0.1) is 12.3 Å². The quantitative estimate of drug-likeness (QED) is 0.766. The van der Waals surface area contributed by atoms with E-state index in [2.05, 4.69) is 28.7 Å². The number of hydrogen-bond acceptors (Lipinski definition) is 4. The summed E-state index contributed by atoms with van der Waals surface area (Å²) < 4.78 is -0.906. The fourth-order valence-corrected chi connectivity index (χ4v) is 3.81. The summed E-state index contributed by atoms with van der Waals surface area (Å²) in [4.78, 5) is 25.9. The first-order valence-corrected chi connectivity index (χ1v) is 9.17. The molecule has 1 aromatic heterocycles. The number of anilines is 1. The Bertz CT molecular complexity index is 656. The Labute approximate surface area is 153 Å². The number of hydrogen-bond donors (Lipinski definition) is 0. The molecule has 1 amide bonds. The normalized spacial score (nSPS) is 26.0. The summed E-state index contributed by atoms with van der Waals surface area (Å²) in [6.45, 7) is 10.9. The first kappa shape index (κ1) is 17.7. The van der Waals surface area contributed by atoms with E-state index in [0.717, 1.165) is 30.4 Å². The van der Waals surface area contributed by atoms with Gasteiger partial charge < -0.3 is 9.80 Å². The van der Waals surface area contributed by atoms with E-state index in [1.165, 1.54) is 0 Å². The zero-order valence-corrected chi connectivity index (χ0v) is 16.2. The highest BCUT2D eigenvalue weighted by Gasteiger charge is 2.68. The Hall–Kier alpha value is -1.07. The highest BCUT2D eigenvalue weighted by molar-refractivity contribution is 6.53. The Kier molecular flexibility index (Phi) is 4.45. The maximum atomic E-state index is 12.7. The van der Waals surface area contributed by atoms with Crippen LogP contribution in [0.15, 0.2) is 6.07 Å². The first-order chi connectivity index (χ1) is 11.1. The third-order valence-corrected chi connectivity index (χ3v) is 6.10. The predicted molar refractivity (Wildman–Crippen MR) is 96.8 cm³/mol. The van der Waals surface area contributed by atoms with Crippen molar-refractivity contribution < 1.29 is 4.79 Å². The van der Waals surface area contributed by atoms with Gasteiger partial charge in [0.25, 0.3) is 0 Å². The highest BCUT2D eigenvalue weighted by Crippen LogP contribution is 2.64. The summed E-state index contributed by atoms with van der Waals surface area (Å²) in [5.41, 5.74) is 0.343. The lowest BCUT2D eigenvalue weighted by Crippen LogP contribution is -2.51. The molecular weight excluding hydrogens is 347 g/mol. The molecule has 1 aliphatic heterocycles. The maximum absolute atomic E-state index is 12.7. The van der Waals surface area contributed by atoms with Crippen molar-refractivity contribution in [2.45, 2.75) is 44.4 Å². The zero-order chi connectivity index (χ0) is 17.7. The van der Waals surface area contributed by atoms with Crippen LogP contribution in [0.3, 0.4) is 0 Å². The maximum Gasteiger partial charge on any atom is 0.231 e. The summed E-state index contributed by atoms with van der Waals surface area (Å²) in [5.74, 6) is 2.17. The molecule has 24 heavy (non-hydrogen) atoms. The van der Waals surface area contributed by atoms with Gasteiger partial charge in [0.2, 0.25) is 5.91 Å². The van der Waals surface area contributed by atoms with Gasteiger partial charge in [0.05, 0.1) is 5.41 Å². The van der Waals surface area contributed by atoms with Crippen LogP contribution in [0.25, 0.3) is 0 Å². The smallest absolute Gasteiger partial charge is 0.231 e. The van der Waals surface area contributed by atoms with Gasteiger partial charge in [-0.05, 0) is 20.3 Å². The number of carbonyl (C=O) groups excluding carboxylic acids is 1. The molecule has 132 valence electrons. The third-order valence-electron chi connectivity index (χ3n) is 5.00. The van der Waals surface area contributed by atoms with Crippen molar-refractivity contribution in [3.63, 3.8) is 0 Å². The van der Waals surface area contributed by atoms with Crippen LogP contribution in [-0.4, -0.2) is 51.3 Å². The Morgan fingerprint density at radius 1 is 1.21 bits per heavy atom. The summed E-state index contributed by atoms with van der Waals surface area (Å²) >= 11 is 12.3. The number of amides is 1. The number of aryl methyl sites for hydroxylation is 1. The van der Waals surface area contributed by atoms with E-state index in [1.807, 2.05) is 24.8 Å². The minimum atomic E-state index is -0.906. The van der Waals surface area contributed by atoms with Crippen molar-refractivity contribution in [3.05, 3.63) is 17.6 Å². The number of aromatic nitrogens is 2. The minimum Gasteiger partial charge on any atom is -0.353 e. The minimum absolute atomic E-state index is 0.0638. The van der Waals surface area contributed by atoms with Crippen LogP contribution in [0.5, 0.6) is 0 Å². The molecule has 1 aliphatic carbocycles. The second-order valence-corrected chi connectivity index (χ2v) is 8.86. The molecule has 1 atom stereocenters. The number of halogens is 2. The van der Waals surface area contributed by atoms with E-state index >= 15 is 0 Å². The van der Waals surface area contributed by atoms with Crippen LogP contribution < -0.4 is 4.90 Å². The molecular formula is C17H24Cl2N4O. The molecule has 0 spiro atoms. The molecule has 7 heteroatoms. The molecule has 2 fully saturated rings. The van der Waals surface area contributed by atoms with Crippen molar-refractivity contribution in [1.82, 2.24) is 14.9 Å². The fraction of sp³-hybridized carbons (Fsp3) is 0.706. The van der Waals surface area contributed by atoms with Crippen LogP contribution in [-0.2, 0) is 4.79 Å². The molecule has 2 aliphatic rings. The molecule has 0 aromatic carbocycles. The summed E-state index contributed by atoms with van der Waals surface area (Å²) in [5, 5.41) is 0. The van der Waals surface area contributed by atoms with Crippen molar-refractivity contribution in [2.24, 2.45) is 5.41 Å². The molecule has 1 unspecified atom stereocenters. The lowest BCUT2D eigenvalue weighted by atomic mass is 10.1. The summed E-state index contributed by atoms with van der Waals surface area (Å²) in [6, 6.07) is 2.01. The zero-order valence-electron chi connectivity index (χ0n) is 14.6. The number of rotatable bonds is 3. The lowest BCUT2D eigenvalue weighted by Gasteiger charge is -2.37. The second kappa shape index (κ2) is 6.03. The van der Waals surface area contributed by atoms with Crippen molar-refractivity contribution >= 4 is 34.9 Å². The van der Waals surface area contributed by atoms with E-state index < -0.39 is 9.75 Å². The average molecular weight is 371 g/mol. The van der Waals surface area contributed by atoms with Gasteiger partial charge in [-0.1, -0.05) is 13.8 Å². The van der Waals surface area contributed by atoms with E-state index in [0.29, 0.717) is 25.4 Å². The second-order valence-electron chi connectivity index (χ2n) is 7.37. The summed E-state index contributed by atoms with van der Waals surface area (Å²) in [7, 11) is 0. The average Bonchev–Trinajstić information content (AvgIpc) is 3.05. The van der Waals surface area contributed by atoms with Crippen molar-refractivity contribution in [1.29, 1.82) is 0 Å². The standard InChI is InChI=1S/C17H24Cl2N4O/c1-11(2)14-20-12(3)9-13(21-14)22-5-7-23(8-6-22)15(24)16(4)10-17(16,18)19/h9,11H,5-8,10H2,1-4H3. The van der Waals surface area contributed by atoms with E-state index in [-0.39, 0.29) is 5.91 Å². The lowest BCUT2D eigenvalue weighted by molar-refractivity contribution is -0.136. The Morgan fingerprint density at radius 3 is 2.29 bits per heavy atom. The molecule has 3 rings (SSSR count). The van der Waals surface area contributed by atoms with E-state index in [9.17, 15) is 4.79 Å². The van der Waals surface area contributed by atoms with E-state index in [4.69, 9.17) is 23.2 Å². The van der Waals surface area contributed by atoms with Gasteiger partial charge >= 0.3 is 0 Å². The topological polar surface area (TPSA) is 49.3 Å². The van der Waals surface area contributed by atoms with Crippen molar-refractivity contribution in [2.75, 3.05) is 31.1 Å². The monoisotopic (exact) mass is 370 g/mol. The SMILES string of the molecule is Cc1cc(N2CCN(C(=O)C3(C)CC3(Cl)Cl)CC2)nc(C(C)C)n1. The molecule has 0 radical (unpaired) electrons. The van der Waals surface area contributed by atoms with Crippen LogP contribution in [0.1, 0.15) is 44.6 Å². The van der Waals surface area contributed by atoms with Gasteiger partial charge in [-0.15, -0.1) is 23.2 Å². The molecule has 0 bridgehead atoms. The number of nitrogens with zero attached hydrogens (tertiary/aromatic N) is 4. The van der Waals surface area contributed by atoms with Gasteiger partial charge in [0, 0.05) is 43.9 Å². The van der Waals surface area contributed by atoms with Crippen molar-refractivity contribution in [3.8, 4) is 0 Å². The molecule has 1 saturated carbocycles. The third kappa shape index (κ3) is 3.08. The number of carbonyl (C=O) groups is 1. The van der Waals surface area contributed by atoms with Gasteiger partial charge in [-0.25, -0.2) is 9.97 Å².